The summed E-state index contributed by atoms with van der Waals surface area (Å²) in [6.07, 6.45) is 9.24. The molecule has 0 bridgehead atoms. The first kappa shape index (κ1) is 18.3. The third-order valence-corrected chi connectivity index (χ3v) is 5.32. The lowest BCUT2D eigenvalue weighted by Gasteiger charge is -2.28. The predicted molar refractivity (Wildman–Crippen MR) is 103 cm³/mol. The number of nitrogens with zero attached hydrogens (tertiary/aromatic N) is 5. The second-order valence-electron chi connectivity index (χ2n) is 7.06. The van der Waals surface area contributed by atoms with Crippen molar-refractivity contribution in [2.45, 2.75) is 38.5 Å². The van der Waals surface area contributed by atoms with Crippen molar-refractivity contribution in [3.8, 4) is 5.88 Å². The van der Waals surface area contributed by atoms with Gasteiger partial charge in [-0.05, 0) is 56.7 Å². The Balaban J connectivity index is 1.33. The van der Waals surface area contributed by atoms with Crippen molar-refractivity contribution in [1.82, 2.24) is 29.9 Å². The number of fused-ring (bicyclic) bond motifs is 1. The number of hydrogen-bond acceptors (Lipinski definition) is 6. The number of pyridine rings is 1. The minimum absolute atomic E-state index is 0.128. The normalized spacial score (nSPS) is 19.5. The fraction of sp³-hybridized carbons (Fsp3) is 0.450. The second-order valence-corrected chi connectivity index (χ2v) is 7.06. The van der Waals surface area contributed by atoms with Crippen LogP contribution in [0.1, 0.15) is 54.6 Å². The smallest absolute Gasteiger partial charge is 0.256 e. The molecule has 1 N–H and O–H groups in total. The summed E-state index contributed by atoms with van der Waals surface area (Å²) in [5.74, 6) is 1.83. The van der Waals surface area contributed by atoms with Crippen LogP contribution in [0.5, 0.6) is 5.88 Å². The molecule has 0 aromatic carbocycles. The summed E-state index contributed by atoms with van der Waals surface area (Å²) in [4.78, 5) is 25.1. The van der Waals surface area contributed by atoms with Crippen LogP contribution in [0.2, 0.25) is 0 Å². The zero-order valence-electron chi connectivity index (χ0n) is 15.9. The summed E-state index contributed by atoms with van der Waals surface area (Å²) in [7, 11) is 0. The molecule has 3 aromatic heterocycles. The molecule has 1 aliphatic carbocycles. The van der Waals surface area contributed by atoms with Crippen LogP contribution in [0.25, 0.3) is 5.78 Å². The number of aromatic nitrogens is 5. The van der Waals surface area contributed by atoms with Crippen LogP contribution in [0, 0.1) is 5.92 Å². The molecule has 8 heteroatoms. The van der Waals surface area contributed by atoms with E-state index in [1.54, 1.807) is 30.9 Å². The monoisotopic (exact) mass is 380 g/mol. The first-order valence-electron chi connectivity index (χ1n) is 9.77. The Kier molecular flexibility index (Phi) is 5.45. The van der Waals surface area contributed by atoms with E-state index in [0.717, 1.165) is 25.7 Å². The highest BCUT2D eigenvalue weighted by atomic mass is 16.5. The zero-order valence-corrected chi connectivity index (χ0v) is 15.9. The van der Waals surface area contributed by atoms with Gasteiger partial charge in [0.15, 0.2) is 0 Å². The Morgan fingerprint density at radius 1 is 1.18 bits per heavy atom. The van der Waals surface area contributed by atoms with Crippen molar-refractivity contribution in [3.05, 3.63) is 48.2 Å². The highest BCUT2D eigenvalue weighted by molar-refractivity contribution is 5.96. The molecule has 1 amide bonds. The number of ether oxygens (including phenoxy) is 1. The molecule has 3 heterocycles. The van der Waals surface area contributed by atoms with Crippen LogP contribution in [0.3, 0.4) is 0 Å². The fourth-order valence-electron chi connectivity index (χ4n) is 3.88. The maximum absolute atomic E-state index is 12.5. The van der Waals surface area contributed by atoms with Gasteiger partial charge in [0.1, 0.15) is 11.9 Å². The van der Waals surface area contributed by atoms with E-state index >= 15 is 0 Å². The topological polar surface area (TPSA) is 94.3 Å². The molecular weight excluding hydrogens is 356 g/mol. The van der Waals surface area contributed by atoms with Crippen LogP contribution in [-0.2, 0) is 0 Å². The van der Waals surface area contributed by atoms with Crippen LogP contribution >= 0.6 is 0 Å². The van der Waals surface area contributed by atoms with Crippen molar-refractivity contribution in [3.63, 3.8) is 0 Å². The summed E-state index contributed by atoms with van der Waals surface area (Å²) in [6, 6.07) is 5.53. The predicted octanol–water partition coefficient (Wildman–Crippen LogP) is 2.62. The van der Waals surface area contributed by atoms with Crippen LogP contribution in [0.4, 0.5) is 0 Å². The van der Waals surface area contributed by atoms with Gasteiger partial charge in [0, 0.05) is 24.9 Å². The van der Waals surface area contributed by atoms with Gasteiger partial charge >= 0.3 is 0 Å². The van der Waals surface area contributed by atoms with E-state index in [1.165, 1.54) is 5.69 Å². The van der Waals surface area contributed by atoms with Gasteiger partial charge < -0.3 is 10.1 Å². The first-order chi connectivity index (χ1) is 13.8. The Morgan fingerprint density at radius 2 is 2.04 bits per heavy atom. The number of amides is 1. The molecule has 28 heavy (non-hydrogen) atoms. The van der Waals surface area contributed by atoms with Gasteiger partial charge in [-0.1, -0.05) is 0 Å². The summed E-state index contributed by atoms with van der Waals surface area (Å²) in [5, 5.41) is 7.35. The standard InChI is InChI=1S/C20H24N6O2/c1-2-28-19-16(4-3-10-21-19)18(27)23-12-14-5-7-15(8-6-14)17-9-11-22-20-24-13-25-26(17)20/h3-4,9-11,13-15H,2,5-8,12H2,1H3,(H,23,27). The minimum Gasteiger partial charge on any atom is -0.477 e. The van der Waals surface area contributed by atoms with E-state index in [9.17, 15) is 4.79 Å². The molecule has 0 saturated heterocycles. The molecule has 3 aromatic rings. The number of rotatable bonds is 6. The summed E-state index contributed by atoms with van der Waals surface area (Å²) >= 11 is 0. The Morgan fingerprint density at radius 3 is 2.86 bits per heavy atom. The summed E-state index contributed by atoms with van der Waals surface area (Å²) < 4.78 is 7.29. The molecular formula is C20H24N6O2. The van der Waals surface area contributed by atoms with Crippen molar-refractivity contribution < 1.29 is 9.53 Å². The Bertz CT molecular complexity index is 949. The van der Waals surface area contributed by atoms with Crippen LogP contribution in [0.15, 0.2) is 36.9 Å². The molecule has 0 aliphatic heterocycles. The van der Waals surface area contributed by atoms with E-state index < -0.39 is 0 Å². The molecule has 8 nitrogen and oxygen atoms in total. The molecule has 0 atom stereocenters. The average Bonchev–Trinajstić information content (AvgIpc) is 3.22. The lowest BCUT2D eigenvalue weighted by molar-refractivity contribution is 0.0938. The molecule has 1 aliphatic rings. The lowest BCUT2D eigenvalue weighted by atomic mass is 9.80. The molecule has 1 fully saturated rings. The molecule has 1 saturated carbocycles. The van der Waals surface area contributed by atoms with E-state index in [2.05, 4.69) is 25.4 Å². The maximum atomic E-state index is 12.5. The van der Waals surface area contributed by atoms with Crippen molar-refractivity contribution in [2.75, 3.05) is 13.2 Å². The minimum atomic E-state index is -0.128. The van der Waals surface area contributed by atoms with Crippen LogP contribution < -0.4 is 10.1 Å². The first-order valence-corrected chi connectivity index (χ1v) is 9.77. The number of nitrogens with one attached hydrogen (secondary N) is 1. The Labute approximate surface area is 163 Å². The molecule has 0 spiro atoms. The van der Waals surface area contributed by atoms with E-state index in [-0.39, 0.29) is 5.91 Å². The van der Waals surface area contributed by atoms with Gasteiger partial charge in [0.25, 0.3) is 11.7 Å². The molecule has 0 unspecified atom stereocenters. The highest BCUT2D eigenvalue weighted by Crippen LogP contribution is 2.35. The van der Waals surface area contributed by atoms with Crippen molar-refractivity contribution >= 4 is 11.7 Å². The quantitative estimate of drug-likeness (QED) is 0.706. The number of hydrogen-bond donors (Lipinski definition) is 1. The van der Waals surface area contributed by atoms with Gasteiger partial charge in [-0.15, -0.1) is 0 Å². The Hall–Kier alpha value is -3.03. The van der Waals surface area contributed by atoms with Gasteiger partial charge in [-0.25, -0.2) is 14.5 Å². The second kappa shape index (κ2) is 8.33. The molecule has 0 radical (unpaired) electrons. The van der Waals surface area contributed by atoms with E-state index in [4.69, 9.17) is 4.74 Å². The lowest BCUT2D eigenvalue weighted by Crippen LogP contribution is -2.31. The largest absolute Gasteiger partial charge is 0.477 e. The van der Waals surface area contributed by atoms with Gasteiger partial charge in [-0.2, -0.15) is 10.1 Å². The van der Waals surface area contributed by atoms with E-state index in [1.807, 2.05) is 17.5 Å². The van der Waals surface area contributed by atoms with Gasteiger partial charge in [-0.3, -0.25) is 4.79 Å². The van der Waals surface area contributed by atoms with Crippen molar-refractivity contribution in [2.24, 2.45) is 5.92 Å². The zero-order chi connectivity index (χ0) is 19.3. The maximum Gasteiger partial charge on any atom is 0.256 e. The highest BCUT2D eigenvalue weighted by Gasteiger charge is 2.25. The third kappa shape index (κ3) is 3.81. The van der Waals surface area contributed by atoms with Gasteiger partial charge in [0.05, 0.1) is 12.3 Å². The average molecular weight is 380 g/mol. The fourth-order valence-corrected chi connectivity index (χ4v) is 3.88. The summed E-state index contributed by atoms with van der Waals surface area (Å²) in [5.41, 5.74) is 1.66. The molecule has 146 valence electrons. The SMILES string of the molecule is CCOc1ncccc1C(=O)NCC1CCC(c2ccnc3ncnn23)CC1. The van der Waals surface area contributed by atoms with E-state index in [0.29, 0.717) is 42.2 Å². The van der Waals surface area contributed by atoms with Gasteiger partial charge in [0.2, 0.25) is 5.88 Å². The molecule has 4 rings (SSSR count). The third-order valence-electron chi connectivity index (χ3n) is 5.32. The van der Waals surface area contributed by atoms with Crippen LogP contribution in [-0.4, -0.2) is 43.6 Å². The van der Waals surface area contributed by atoms with Crippen molar-refractivity contribution in [1.29, 1.82) is 0 Å². The number of carbonyl (C=O) groups is 1. The number of carbonyl (C=O) groups excluding carboxylic acids is 1. The summed E-state index contributed by atoms with van der Waals surface area (Å²) in [6.45, 7) is 3.03.